The maximum absolute atomic E-state index is 12.4. The van der Waals surface area contributed by atoms with Gasteiger partial charge in [0.1, 0.15) is 0 Å². The van der Waals surface area contributed by atoms with E-state index >= 15 is 0 Å². The molecule has 2 amide bonds. The zero-order chi connectivity index (χ0) is 16.2. The third kappa shape index (κ3) is 3.67. The molecule has 8 heteroatoms. The van der Waals surface area contributed by atoms with Gasteiger partial charge in [-0.05, 0) is 48.5 Å². The minimum absolute atomic E-state index is 0.152. The van der Waals surface area contributed by atoms with Gasteiger partial charge >= 0.3 is 6.03 Å². The number of nitrogens with one attached hydrogen (secondary N) is 2. The minimum atomic E-state index is -3.58. The first-order valence-corrected chi connectivity index (χ1v) is 7.86. The SMILES string of the molecule is NC(=O)NCNc1ccc(S(=O)(=O)c2ccc(N)cc2)cc1. The van der Waals surface area contributed by atoms with Crippen LogP contribution in [0.25, 0.3) is 0 Å². The normalized spacial score (nSPS) is 10.9. The van der Waals surface area contributed by atoms with Crippen molar-refractivity contribution in [2.45, 2.75) is 9.79 Å². The van der Waals surface area contributed by atoms with Crippen LogP contribution in [0.4, 0.5) is 16.2 Å². The molecule has 0 fully saturated rings. The molecule has 0 bridgehead atoms. The molecule has 6 N–H and O–H groups in total. The van der Waals surface area contributed by atoms with Crippen LogP contribution in [0, 0.1) is 0 Å². The van der Waals surface area contributed by atoms with Crippen LogP contribution in [-0.4, -0.2) is 21.1 Å². The Balaban J connectivity index is 2.15. The monoisotopic (exact) mass is 320 g/mol. The Morgan fingerprint density at radius 3 is 1.95 bits per heavy atom. The van der Waals surface area contributed by atoms with E-state index < -0.39 is 15.9 Å². The molecule has 0 aliphatic rings. The van der Waals surface area contributed by atoms with Gasteiger partial charge in [-0.3, -0.25) is 0 Å². The molecule has 0 aromatic heterocycles. The fourth-order valence-corrected chi connectivity index (χ4v) is 3.03. The molecule has 2 aromatic rings. The van der Waals surface area contributed by atoms with Gasteiger partial charge in [-0.25, -0.2) is 13.2 Å². The number of hydrogen-bond acceptors (Lipinski definition) is 5. The summed E-state index contributed by atoms with van der Waals surface area (Å²) in [6.45, 7) is 0.152. The van der Waals surface area contributed by atoms with Gasteiger partial charge in [-0.2, -0.15) is 0 Å². The molecule has 0 aliphatic carbocycles. The highest BCUT2D eigenvalue weighted by Crippen LogP contribution is 2.22. The molecule has 0 radical (unpaired) electrons. The number of primary amides is 1. The van der Waals surface area contributed by atoms with Crippen LogP contribution >= 0.6 is 0 Å². The molecule has 0 atom stereocenters. The fourth-order valence-electron chi connectivity index (χ4n) is 1.77. The number of amides is 2. The van der Waals surface area contributed by atoms with Crippen molar-refractivity contribution in [3.63, 3.8) is 0 Å². The molecule has 0 saturated heterocycles. The number of benzene rings is 2. The highest BCUT2D eigenvalue weighted by atomic mass is 32.2. The van der Waals surface area contributed by atoms with Crippen molar-refractivity contribution in [1.82, 2.24) is 5.32 Å². The predicted molar refractivity (Wildman–Crippen MR) is 84.0 cm³/mol. The van der Waals surface area contributed by atoms with Gasteiger partial charge in [0, 0.05) is 11.4 Å². The lowest BCUT2D eigenvalue weighted by Crippen LogP contribution is -2.33. The van der Waals surface area contributed by atoms with Crippen molar-refractivity contribution in [2.24, 2.45) is 5.73 Å². The van der Waals surface area contributed by atoms with Gasteiger partial charge in [0.2, 0.25) is 9.84 Å². The average molecular weight is 320 g/mol. The summed E-state index contributed by atoms with van der Waals surface area (Å²) in [5.74, 6) is 0. The third-order valence-electron chi connectivity index (χ3n) is 2.91. The number of hydrogen-bond donors (Lipinski definition) is 4. The molecule has 2 rings (SSSR count). The van der Waals surface area contributed by atoms with E-state index in [9.17, 15) is 13.2 Å². The van der Waals surface area contributed by atoms with E-state index in [2.05, 4.69) is 10.6 Å². The first kappa shape index (κ1) is 15.6. The van der Waals surface area contributed by atoms with Crippen molar-refractivity contribution in [1.29, 1.82) is 0 Å². The van der Waals surface area contributed by atoms with E-state index in [1.807, 2.05) is 0 Å². The van der Waals surface area contributed by atoms with E-state index in [1.54, 1.807) is 12.1 Å². The van der Waals surface area contributed by atoms with Crippen LogP contribution in [-0.2, 0) is 9.84 Å². The van der Waals surface area contributed by atoms with Crippen molar-refractivity contribution >= 4 is 27.2 Å². The first-order chi connectivity index (χ1) is 10.4. The molecule has 0 spiro atoms. The molecule has 2 aromatic carbocycles. The lowest BCUT2D eigenvalue weighted by atomic mass is 10.3. The highest BCUT2D eigenvalue weighted by Gasteiger charge is 2.17. The smallest absolute Gasteiger partial charge is 0.313 e. The summed E-state index contributed by atoms with van der Waals surface area (Å²) in [5, 5.41) is 5.25. The van der Waals surface area contributed by atoms with Crippen molar-refractivity contribution < 1.29 is 13.2 Å². The Morgan fingerprint density at radius 1 is 0.955 bits per heavy atom. The second kappa shape index (κ2) is 6.35. The van der Waals surface area contributed by atoms with E-state index in [0.29, 0.717) is 11.4 Å². The van der Waals surface area contributed by atoms with Crippen molar-refractivity contribution in [3.8, 4) is 0 Å². The van der Waals surface area contributed by atoms with Gasteiger partial charge in [0.05, 0.1) is 16.5 Å². The molecule has 0 saturated carbocycles. The maximum atomic E-state index is 12.4. The van der Waals surface area contributed by atoms with Crippen LogP contribution in [0.5, 0.6) is 0 Å². The quantitative estimate of drug-likeness (QED) is 0.485. The summed E-state index contributed by atoms with van der Waals surface area (Å²) >= 11 is 0. The lowest BCUT2D eigenvalue weighted by Gasteiger charge is -2.08. The zero-order valence-corrected chi connectivity index (χ0v) is 12.4. The Hall–Kier alpha value is -2.74. The van der Waals surface area contributed by atoms with Crippen LogP contribution < -0.4 is 22.1 Å². The third-order valence-corrected chi connectivity index (χ3v) is 4.70. The topological polar surface area (TPSA) is 127 Å². The molecule has 0 heterocycles. The van der Waals surface area contributed by atoms with Crippen LogP contribution in [0.1, 0.15) is 0 Å². The highest BCUT2D eigenvalue weighted by molar-refractivity contribution is 7.91. The van der Waals surface area contributed by atoms with Crippen LogP contribution in [0.3, 0.4) is 0 Å². The standard InChI is InChI=1S/C14H16N4O3S/c15-10-1-5-12(6-2-10)22(20,21)13-7-3-11(4-8-13)17-9-18-14(16)19/h1-8,17H,9,15H2,(H3,16,18,19). The minimum Gasteiger partial charge on any atom is -0.399 e. The number of carbonyl (C=O) groups excluding carboxylic acids is 1. The van der Waals surface area contributed by atoms with E-state index in [1.165, 1.54) is 36.4 Å². The second-order valence-electron chi connectivity index (χ2n) is 4.49. The molecule has 0 unspecified atom stereocenters. The number of sulfone groups is 1. The fraction of sp³-hybridized carbons (Fsp3) is 0.0714. The van der Waals surface area contributed by atoms with Gasteiger partial charge in [-0.1, -0.05) is 0 Å². The Morgan fingerprint density at radius 2 is 1.45 bits per heavy atom. The molecular formula is C14H16N4O3S. The molecule has 22 heavy (non-hydrogen) atoms. The molecular weight excluding hydrogens is 304 g/mol. The van der Waals surface area contributed by atoms with Gasteiger partial charge in [0.25, 0.3) is 0 Å². The summed E-state index contributed by atoms with van der Waals surface area (Å²) in [6, 6.07) is 11.5. The Kier molecular flexibility index (Phi) is 4.52. The maximum Gasteiger partial charge on any atom is 0.313 e. The summed E-state index contributed by atoms with van der Waals surface area (Å²) in [6.07, 6.45) is 0. The summed E-state index contributed by atoms with van der Waals surface area (Å²) in [4.78, 5) is 10.9. The number of carbonyl (C=O) groups is 1. The van der Waals surface area contributed by atoms with Gasteiger partial charge in [-0.15, -0.1) is 0 Å². The lowest BCUT2D eigenvalue weighted by molar-refractivity contribution is 0.249. The van der Waals surface area contributed by atoms with Gasteiger partial charge in [0.15, 0.2) is 0 Å². The number of nitrogens with two attached hydrogens (primary N) is 2. The predicted octanol–water partition coefficient (Wildman–Crippen LogP) is 1.14. The number of urea groups is 1. The molecule has 0 aliphatic heterocycles. The van der Waals surface area contributed by atoms with Crippen molar-refractivity contribution in [2.75, 3.05) is 17.7 Å². The van der Waals surface area contributed by atoms with Crippen LogP contribution in [0.15, 0.2) is 58.3 Å². The summed E-state index contributed by atoms with van der Waals surface area (Å²) in [7, 11) is -3.58. The largest absolute Gasteiger partial charge is 0.399 e. The average Bonchev–Trinajstić information content (AvgIpc) is 2.48. The van der Waals surface area contributed by atoms with Crippen LogP contribution in [0.2, 0.25) is 0 Å². The van der Waals surface area contributed by atoms with E-state index in [0.717, 1.165) is 0 Å². The molecule has 116 valence electrons. The van der Waals surface area contributed by atoms with E-state index in [4.69, 9.17) is 11.5 Å². The number of nitrogen functional groups attached to an aromatic ring is 1. The second-order valence-corrected chi connectivity index (χ2v) is 6.44. The van der Waals surface area contributed by atoms with E-state index in [-0.39, 0.29) is 16.5 Å². The van der Waals surface area contributed by atoms with Gasteiger partial charge < -0.3 is 22.1 Å². The van der Waals surface area contributed by atoms with Crippen molar-refractivity contribution in [3.05, 3.63) is 48.5 Å². The summed E-state index contributed by atoms with van der Waals surface area (Å²) < 4.78 is 24.8. The first-order valence-electron chi connectivity index (χ1n) is 6.37. The number of anilines is 2. The zero-order valence-electron chi connectivity index (χ0n) is 11.6. The Labute approximate surface area is 128 Å². The Bertz CT molecular complexity index is 756. The number of rotatable bonds is 5. The molecule has 7 nitrogen and oxygen atoms in total. The summed E-state index contributed by atoms with van der Waals surface area (Å²) in [5.41, 5.74) is 11.6.